The topological polar surface area (TPSA) is 36.9 Å². The van der Waals surface area contributed by atoms with Gasteiger partial charge in [0.2, 0.25) is 0 Å². The fraction of sp³-hybridized carbons (Fsp3) is 0.625. The molecule has 13 heteroatoms. The molecule has 3 aliphatic rings. The van der Waals surface area contributed by atoms with Crippen LogP contribution in [0.3, 0.4) is 0 Å². The van der Waals surface area contributed by atoms with Crippen molar-refractivity contribution in [2.75, 3.05) is 13.2 Å². The molecular weight excluding hydrogens is 619 g/mol. The first-order chi connectivity index (χ1) is 21.2. The van der Waals surface area contributed by atoms with Crippen molar-refractivity contribution in [2.45, 2.75) is 89.1 Å². The fourth-order valence-corrected chi connectivity index (χ4v) is 6.76. The zero-order chi connectivity index (χ0) is 32.5. The SMILES string of the molecule is CC1COC(c2ccc(C3CCC(C4CCC(C(F)(F)Oc5cc(F)c(OC(F)(F)C(F)F)c(F)c5)CC4)CC3)c(F)c2)OC1. The highest BCUT2D eigenvalue weighted by Gasteiger charge is 2.47. The van der Waals surface area contributed by atoms with Crippen molar-refractivity contribution >= 4 is 0 Å². The minimum Gasteiger partial charge on any atom is -0.432 e. The summed E-state index contributed by atoms with van der Waals surface area (Å²) in [6.07, 6.45) is -9.61. The van der Waals surface area contributed by atoms with Gasteiger partial charge in [-0.15, -0.1) is 0 Å². The van der Waals surface area contributed by atoms with Crippen LogP contribution < -0.4 is 9.47 Å². The van der Waals surface area contributed by atoms with Crippen molar-refractivity contribution in [3.63, 3.8) is 0 Å². The molecule has 0 radical (unpaired) electrons. The average molecular weight is 655 g/mol. The number of halogens is 9. The Balaban J connectivity index is 1.11. The smallest absolute Gasteiger partial charge is 0.432 e. The zero-order valence-corrected chi connectivity index (χ0v) is 24.5. The Hall–Kier alpha value is -2.67. The van der Waals surface area contributed by atoms with Crippen LogP contribution >= 0.6 is 0 Å². The summed E-state index contributed by atoms with van der Waals surface area (Å²) in [5.74, 6) is -7.33. The first-order valence-corrected chi connectivity index (χ1v) is 15.2. The minimum atomic E-state index is -5.19. The molecule has 2 aromatic carbocycles. The van der Waals surface area contributed by atoms with Crippen LogP contribution in [0.2, 0.25) is 0 Å². The fourth-order valence-electron chi connectivity index (χ4n) is 6.76. The summed E-state index contributed by atoms with van der Waals surface area (Å²) < 4.78 is 144. The molecule has 1 aliphatic heterocycles. The van der Waals surface area contributed by atoms with Gasteiger partial charge < -0.3 is 18.9 Å². The molecule has 0 spiro atoms. The summed E-state index contributed by atoms with van der Waals surface area (Å²) in [5, 5.41) is 0. The zero-order valence-electron chi connectivity index (χ0n) is 24.5. The van der Waals surface area contributed by atoms with Crippen LogP contribution in [-0.4, -0.2) is 31.9 Å². The molecule has 4 nitrogen and oxygen atoms in total. The number of alkyl halides is 6. The van der Waals surface area contributed by atoms with E-state index in [0.717, 1.165) is 25.7 Å². The molecule has 3 fully saturated rings. The third kappa shape index (κ3) is 7.84. The van der Waals surface area contributed by atoms with Crippen LogP contribution in [0.25, 0.3) is 0 Å². The largest absolute Gasteiger partial charge is 0.461 e. The van der Waals surface area contributed by atoms with Crippen molar-refractivity contribution in [2.24, 2.45) is 23.7 Å². The van der Waals surface area contributed by atoms with Gasteiger partial charge in [0.1, 0.15) is 11.6 Å². The van der Waals surface area contributed by atoms with E-state index in [-0.39, 0.29) is 48.5 Å². The maximum absolute atomic E-state index is 15.1. The first kappa shape index (κ1) is 33.7. The van der Waals surface area contributed by atoms with E-state index in [1.54, 1.807) is 6.07 Å². The standard InChI is InChI=1S/C32H35F9O4/c1-17-15-42-29(43-16-17)21-8-11-24(25(33)12-21)20-4-2-18(3-5-20)19-6-9-22(10-7-19)31(38,39)44-23-13-26(34)28(27(35)14-23)45-32(40,41)30(36)37/h8,11-14,17-20,22,29-30H,2-7,9-10,15-16H2,1H3. The lowest BCUT2D eigenvalue weighted by atomic mass is 9.68. The molecule has 0 atom stereocenters. The van der Waals surface area contributed by atoms with Gasteiger partial charge in [0, 0.05) is 23.6 Å². The number of hydrogen-bond acceptors (Lipinski definition) is 4. The number of rotatable bonds is 9. The summed E-state index contributed by atoms with van der Waals surface area (Å²) >= 11 is 0. The Morgan fingerprint density at radius 3 is 1.82 bits per heavy atom. The second-order valence-corrected chi connectivity index (χ2v) is 12.5. The van der Waals surface area contributed by atoms with E-state index >= 15 is 4.39 Å². The van der Waals surface area contributed by atoms with Gasteiger partial charge in [-0.1, -0.05) is 19.1 Å². The van der Waals surface area contributed by atoms with Gasteiger partial charge in [-0.25, -0.2) is 13.2 Å². The molecule has 5 rings (SSSR count). The molecule has 250 valence electrons. The molecule has 0 unspecified atom stereocenters. The highest BCUT2D eigenvalue weighted by Crippen LogP contribution is 2.47. The first-order valence-electron chi connectivity index (χ1n) is 15.2. The Kier molecular flexibility index (Phi) is 10.2. The monoisotopic (exact) mass is 654 g/mol. The van der Waals surface area contributed by atoms with Crippen molar-refractivity contribution < 1.29 is 58.5 Å². The molecule has 45 heavy (non-hydrogen) atoms. The highest BCUT2D eigenvalue weighted by molar-refractivity contribution is 5.35. The van der Waals surface area contributed by atoms with E-state index in [2.05, 4.69) is 9.47 Å². The molecule has 2 saturated carbocycles. The second-order valence-electron chi connectivity index (χ2n) is 12.5. The van der Waals surface area contributed by atoms with Gasteiger partial charge in [0.05, 0.1) is 19.1 Å². The summed E-state index contributed by atoms with van der Waals surface area (Å²) in [4.78, 5) is 0. The highest BCUT2D eigenvalue weighted by atomic mass is 19.3. The van der Waals surface area contributed by atoms with E-state index in [0.29, 0.717) is 43.1 Å². The molecular formula is C32H35F9O4. The molecule has 1 saturated heterocycles. The summed E-state index contributed by atoms with van der Waals surface area (Å²) in [7, 11) is 0. The summed E-state index contributed by atoms with van der Waals surface area (Å²) in [6.45, 7) is 3.11. The molecule has 2 aliphatic carbocycles. The van der Waals surface area contributed by atoms with E-state index in [9.17, 15) is 35.1 Å². The lowest BCUT2D eigenvalue weighted by Gasteiger charge is -2.39. The maximum atomic E-state index is 15.1. The van der Waals surface area contributed by atoms with Crippen LogP contribution in [-0.2, 0) is 9.47 Å². The Labute approximate surface area is 255 Å². The Bertz CT molecular complexity index is 1280. The van der Waals surface area contributed by atoms with Crippen LogP contribution in [0.15, 0.2) is 30.3 Å². The predicted molar refractivity (Wildman–Crippen MR) is 144 cm³/mol. The average Bonchev–Trinajstić information content (AvgIpc) is 2.99. The van der Waals surface area contributed by atoms with Crippen LogP contribution in [0.4, 0.5) is 39.5 Å². The van der Waals surface area contributed by atoms with E-state index in [1.165, 1.54) is 6.07 Å². The minimum absolute atomic E-state index is 0.0526. The second kappa shape index (κ2) is 13.6. The van der Waals surface area contributed by atoms with Crippen molar-refractivity contribution in [1.82, 2.24) is 0 Å². The van der Waals surface area contributed by atoms with Gasteiger partial charge >= 0.3 is 18.6 Å². The maximum Gasteiger partial charge on any atom is 0.461 e. The molecule has 0 amide bonds. The van der Waals surface area contributed by atoms with Crippen LogP contribution in [0.1, 0.15) is 81.6 Å². The van der Waals surface area contributed by atoms with E-state index in [1.807, 2.05) is 13.0 Å². The normalized spacial score (nSPS) is 28.2. The third-order valence-corrected chi connectivity index (χ3v) is 9.20. The van der Waals surface area contributed by atoms with Crippen molar-refractivity contribution in [3.8, 4) is 11.5 Å². The number of hydrogen-bond donors (Lipinski definition) is 0. The summed E-state index contributed by atoms with van der Waals surface area (Å²) in [5.41, 5.74) is 1.29. The van der Waals surface area contributed by atoms with Gasteiger partial charge in [-0.2, -0.15) is 26.3 Å². The van der Waals surface area contributed by atoms with Crippen LogP contribution in [0, 0.1) is 41.1 Å². The Morgan fingerprint density at radius 2 is 1.29 bits per heavy atom. The Morgan fingerprint density at radius 1 is 0.733 bits per heavy atom. The van der Waals surface area contributed by atoms with E-state index < -0.39 is 54.0 Å². The third-order valence-electron chi connectivity index (χ3n) is 9.20. The van der Waals surface area contributed by atoms with Crippen molar-refractivity contribution in [1.29, 1.82) is 0 Å². The van der Waals surface area contributed by atoms with Gasteiger partial charge in [0.25, 0.3) is 0 Å². The van der Waals surface area contributed by atoms with Crippen molar-refractivity contribution in [3.05, 3.63) is 58.9 Å². The summed E-state index contributed by atoms with van der Waals surface area (Å²) in [6, 6.07) is 5.48. The molecule has 0 bridgehead atoms. The molecule has 0 N–H and O–H groups in total. The quantitative estimate of drug-likeness (QED) is 0.253. The van der Waals surface area contributed by atoms with Gasteiger partial charge in [-0.3, -0.25) is 0 Å². The van der Waals surface area contributed by atoms with Gasteiger partial charge in [-0.05, 0) is 80.8 Å². The lowest BCUT2D eigenvalue weighted by Crippen LogP contribution is -2.38. The molecule has 0 aromatic heterocycles. The number of ether oxygens (including phenoxy) is 4. The van der Waals surface area contributed by atoms with E-state index in [4.69, 9.17) is 9.47 Å². The predicted octanol–water partition coefficient (Wildman–Crippen LogP) is 9.77. The number of benzene rings is 2. The molecule has 1 heterocycles. The van der Waals surface area contributed by atoms with Crippen LogP contribution in [0.5, 0.6) is 11.5 Å². The van der Waals surface area contributed by atoms with Gasteiger partial charge in [0.15, 0.2) is 23.7 Å². The molecule has 2 aromatic rings. The lowest BCUT2D eigenvalue weighted by molar-refractivity contribution is -0.255.